The summed E-state index contributed by atoms with van der Waals surface area (Å²) in [6.45, 7) is 2.10. The van der Waals surface area contributed by atoms with Crippen molar-refractivity contribution in [2.75, 3.05) is 0 Å². The van der Waals surface area contributed by atoms with E-state index in [4.69, 9.17) is 4.98 Å². The highest BCUT2D eigenvalue weighted by molar-refractivity contribution is 7.25. The second kappa shape index (κ2) is 7.76. The number of fused-ring (bicyclic) bond motifs is 6. The van der Waals surface area contributed by atoms with E-state index >= 15 is 0 Å². The van der Waals surface area contributed by atoms with Gasteiger partial charge in [0.15, 0.2) is 0 Å². The Morgan fingerprint density at radius 1 is 0.568 bits per heavy atom. The highest BCUT2D eigenvalue weighted by Crippen LogP contribution is 2.44. The number of aromatic nitrogens is 2. The van der Waals surface area contributed by atoms with Crippen LogP contribution in [-0.4, -0.2) is 9.55 Å². The van der Waals surface area contributed by atoms with Crippen LogP contribution in [0.5, 0.6) is 0 Å². The minimum absolute atomic E-state index is 0.996. The lowest BCUT2D eigenvalue weighted by molar-refractivity contribution is 1.02. The number of rotatable bonds is 2. The van der Waals surface area contributed by atoms with E-state index in [0.717, 1.165) is 16.9 Å². The standard InChI is InChI=1S/C34H22N2S/c1-21-35-29-15-7-8-16-30(29)36(21)34-26-13-4-2-11-24(26)33(25-12-3-5-14-27(25)34)22-18-19-32-28(20-22)23-10-6-9-17-31(23)37-32/h2-20H,1H3. The molecule has 0 amide bonds. The monoisotopic (exact) mass is 490 g/mol. The van der Waals surface area contributed by atoms with E-state index in [1.165, 1.54) is 58.5 Å². The third kappa shape index (κ3) is 2.95. The number of imidazole rings is 1. The van der Waals surface area contributed by atoms with Gasteiger partial charge in [-0.1, -0.05) is 84.9 Å². The fraction of sp³-hybridized carbons (Fsp3) is 0.0294. The largest absolute Gasteiger partial charge is 0.295 e. The van der Waals surface area contributed by atoms with Gasteiger partial charge in [-0.2, -0.15) is 0 Å². The predicted octanol–water partition coefficient (Wildman–Crippen LogP) is 9.68. The van der Waals surface area contributed by atoms with Crippen molar-refractivity contribution in [3.63, 3.8) is 0 Å². The summed E-state index contributed by atoms with van der Waals surface area (Å²) in [6, 6.07) is 41.8. The van der Waals surface area contributed by atoms with Gasteiger partial charge in [-0.25, -0.2) is 4.98 Å². The van der Waals surface area contributed by atoms with Crippen molar-refractivity contribution >= 4 is 64.1 Å². The Balaban J connectivity index is 1.53. The molecule has 0 radical (unpaired) electrons. The molecule has 0 aliphatic heterocycles. The fourth-order valence-corrected chi connectivity index (χ4v) is 7.05. The van der Waals surface area contributed by atoms with Crippen LogP contribution in [0.3, 0.4) is 0 Å². The molecule has 0 saturated carbocycles. The lowest BCUT2D eigenvalue weighted by Crippen LogP contribution is -2.01. The second-order valence-corrected chi connectivity index (χ2v) is 10.7. The maximum Gasteiger partial charge on any atom is 0.111 e. The molecular formula is C34H22N2S. The molecule has 0 fully saturated rings. The van der Waals surface area contributed by atoms with E-state index in [2.05, 4.69) is 127 Å². The molecule has 37 heavy (non-hydrogen) atoms. The summed E-state index contributed by atoms with van der Waals surface area (Å²) in [5.41, 5.74) is 5.89. The Hall–Kier alpha value is -4.47. The SMILES string of the molecule is Cc1nc2ccccc2n1-c1c2ccccc2c(-c2ccc3sc4ccccc4c3c2)c2ccccc12. The first-order valence-electron chi connectivity index (χ1n) is 12.6. The van der Waals surface area contributed by atoms with Gasteiger partial charge in [-0.3, -0.25) is 4.57 Å². The molecule has 3 heteroatoms. The maximum absolute atomic E-state index is 4.91. The highest BCUT2D eigenvalue weighted by Gasteiger charge is 2.19. The average molecular weight is 491 g/mol. The summed E-state index contributed by atoms with van der Waals surface area (Å²) >= 11 is 1.87. The van der Waals surface area contributed by atoms with Crippen LogP contribution in [0.2, 0.25) is 0 Å². The predicted molar refractivity (Wildman–Crippen MR) is 159 cm³/mol. The maximum atomic E-state index is 4.91. The highest BCUT2D eigenvalue weighted by atomic mass is 32.1. The molecule has 0 aliphatic rings. The molecule has 2 nitrogen and oxygen atoms in total. The van der Waals surface area contributed by atoms with Gasteiger partial charge in [-0.15, -0.1) is 11.3 Å². The van der Waals surface area contributed by atoms with Gasteiger partial charge in [-0.05, 0) is 59.2 Å². The Bertz CT molecular complexity index is 2110. The van der Waals surface area contributed by atoms with Gasteiger partial charge >= 0.3 is 0 Å². The quantitative estimate of drug-likeness (QED) is 0.221. The smallest absolute Gasteiger partial charge is 0.111 e. The Morgan fingerprint density at radius 3 is 1.92 bits per heavy atom. The van der Waals surface area contributed by atoms with Crippen LogP contribution in [0.1, 0.15) is 5.82 Å². The zero-order valence-electron chi connectivity index (χ0n) is 20.3. The molecule has 0 spiro atoms. The van der Waals surface area contributed by atoms with Gasteiger partial charge in [0, 0.05) is 30.9 Å². The van der Waals surface area contributed by atoms with Crippen LogP contribution in [0.4, 0.5) is 0 Å². The van der Waals surface area contributed by atoms with E-state index < -0.39 is 0 Å². The van der Waals surface area contributed by atoms with E-state index in [0.29, 0.717) is 0 Å². The minimum Gasteiger partial charge on any atom is -0.295 e. The lowest BCUT2D eigenvalue weighted by Gasteiger charge is -2.19. The number of thiophene rings is 1. The van der Waals surface area contributed by atoms with E-state index in [9.17, 15) is 0 Å². The molecule has 8 rings (SSSR count). The second-order valence-electron chi connectivity index (χ2n) is 9.61. The van der Waals surface area contributed by atoms with Crippen molar-refractivity contribution in [3.8, 4) is 16.8 Å². The summed E-state index contributed by atoms with van der Waals surface area (Å²) in [5, 5.41) is 7.64. The average Bonchev–Trinajstić information content (AvgIpc) is 3.48. The van der Waals surface area contributed by atoms with Crippen LogP contribution in [0, 0.1) is 6.92 Å². The Morgan fingerprint density at radius 2 is 1.16 bits per heavy atom. The van der Waals surface area contributed by atoms with Crippen LogP contribution in [0.15, 0.2) is 115 Å². The number of aryl methyl sites for hydroxylation is 1. The van der Waals surface area contributed by atoms with Crippen molar-refractivity contribution in [1.29, 1.82) is 0 Å². The van der Waals surface area contributed by atoms with Crippen molar-refractivity contribution in [2.45, 2.75) is 6.92 Å². The molecule has 8 aromatic rings. The fourth-order valence-electron chi connectivity index (χ4n) is 5.97. The van der Waals surface area contributed by atoms with Crippen molar-refractivity contribution in [3.05, 3.63) is 121 Å². The summed E-state index contributed by atoms with van der Waals surface area (Å²) in [6.07, 6.45) is 0. The van der Waals surface area contributed by atoms with Crippen LogP contribution >= 0.6 is 11.3 Å². The van der Waals surface area contributed by atoms with Crippen LogP contribution in [-0.2, 0) is 0 Å². The number of benzene rings is 6. The zero-order chi connectivity index (χ0) is 24.5. The number of hydrogen-bond acceptors (Lipinski definition) is 2. The van der Waals surface area contributed by atoms with Crippen LogP contribution < -0.4 is 0 Å². The number of para-hydroxylation sites is 2. The Kier molecular flexibility index (Phi) is 4.34. The number of hydrogen-bond donors (Lipinski definition) is 0. The molecule has 174 valence electrons. The molecule has 0 saturated heterocycles. The number of nitrogens with zero attached hydrogens (tertiary/aromatic N) is 2. The summed E-state index contributed by atoms with van der Waals surface area (Å²) in [5.74, 6) is 0.996. The summed E-state index contributed by atoms with van der Waals surface area (Å²) < 4.78 is 5.00. The molecule has 2 aromatic heterocycles. The van der Waals surface area contributed by atoms with Crippen molar-refractivity contribution < 1.29 is 0 Å². The van der Waals surface area contributed by atoms with Crippen molar-refractivity contribution in [2.24, 2.45) is 0 Å². The van der Waals surface area contributed by atoms with E-state index in [1.807, 2.05) is 11.3 Å². The van der Waals surface area contributed by atoms with E-state index in [1.54, 1.807) is 0 Å². The van der Waals surface area contributed by atoms with E-state index in [-0.39, 0.29) is 0 Å². The normalized spacial score (nSPS) is 11.9. The first-order valence-corrected chi connectivity index (χ1v) is 13.4. The van der Waals surface area contributed by atoms with Gasteiger partial charge in [0.1, 0.15) is 5.82 Å². The first-order chi connectivity index (χ1) is 18.3. The lowest BCUT2D eigenvalue weighted by atomic mass is 9.90. The molecule has 0 unspecified atom stereocenters. The topological polar surface area (TPSA) is 17.8 Å². The molecule has 0 bridgehead atoms. The van der Waals surface area contributed by atoms with Gasteiger partial charge in [0.05, 0.1) is 16.7 Å². The molecule has 2 heterocycles. The van der Waals surface area contributed by atoms with Gasteiger partial charge in [0.25, 0.3) is 0 Å². The van der Waals surface area contributed by atoms with Crippen LogP contribution in [0.25, 0.3) is 69.6 Å². The third-order valence-electron chi connectivity index (χ3n) is 7.52. The zero-order valence-corrected chi connectivity index (χ0v) is 21.1. The minimum atomic E-state index is 0.996. The molecule has 6 aromatic carbocycles. The summed E-state index contributed by atoms with van der Waals surface area (Å²) in [4.78, 5) is 4.91. The summed E-state index contributed by atoms with van der Waals surface area (Å²) in [7, 11) is 0. The van der Waals surface area contributed by atoms with Gasteiger partial charge < -0.3 is 0 Å². The third-order valence-corrected chi connectivity index (χ3v) is 8.67. The molecule has 0 atom stereocenters. The van der Waals surface area contributed by atoms with Gasteiger partial charge in [0.2, 0.25) is 0 Å². The molecule has 0 aliphatic carbocycles. The Labute approximate surface area is 218 Å². The molecular weight excluding hydrogens is 468 g/mol. The molecule has 0 N–H and O–H groups in total. The first kappa shape index (κ1) is 20.7. The van der Waals surface area contributed by atoms with Crippen molar-refractivity contribution in [1.82, 2.24) is 9.55 Å².